The van der Waals surface area contributed by atoms with E-state index in [1.54, 1.807) is 39.2 Å². The number of hydrogen-bond donors (Lipinski definition) is 4. The highest BCUT2D eigenvalue weighted by atomic mass is 79.9. The smallest absolute Gasteiger partial charge is 0.407 e. The molecule has 2 aromatic rings. The van der Waals surface area contributed by atoms with Crippen molar-refractivity contribution in [2.75, 3.05) is 6.54 Å². The number of nitrogens with one attached hydrogen (secondary N) is 2. The van der Waals surface area contributed by atoms with Crippen molar-refractivity contribution in [2.24, 2.45) is 0 Å². The van der Waals surface area contributed by atoms with Gasteiger partial charge >= 0.3 is 6.09 Å². The SMILES string of the molecule is CC(C)(C)OC(=O)NCC(O)C(O)c1c[nH]c2ncc(Br)cc12. The molecule has 1 amide bonds. The van der Waals surface area contributed by atoms with Crippen LogP contribution >= 0.6 is 15.9 Å². The zero-order valence-corrected chi connectivity index (χ0v) is 14.7. The first kappa shape index (κ1) is 17.7. The van der Waals surface area contributed by atoms with E-state index in [0.29, 0.717) is 16.6 Å². The van der Waals surface area contributed by atoms with Crippen molar-refractivity contribution in [3.8, 4) is 0 Å². The van der Waals surface area contributed by atoms with E-state index in [1.807, 2.05) is 0 Å². The molecule has 2 heterocycles. The predicted octanol–water partition coefficient (Wildman–Crippen LogP) is 2.24. The zero-order valence-electron chi connectivity index (χ0n) is 13.1. The number of fused-ring (bicyclic) bond motifs is 1. The second-order valence-corrected chi connectivity index (χ2v) is 7.10. The molecule has 2 unspecified atom stereocenters. The van der Waals surface area contributed by atoms with E-state index >= 15 is 0 Å². The molecule has 0 bridgehead atoms. The van der Waals surface area contributed by atoms with Gasteiger partial charge in [0, 0.05) is 34.4 Å². The minimum Gasteiger partial charge on any atom is -0.444 e. The summed E-state index contributed by atoms with van der Waals surface area (Å²) in [5.74, 6) is 0. The van der Waals surface area contributed by atoms with E-state index < -0.39 is 23.9 Å². The van der Waals surface area contributed by atoms with E-state index in [0.717, 1.165) is 4.47 Å². The summed E-state index contributed by atoms with van der Waals surface area (Å²) in [7, 11) is 0. The monoisotopic (exact) mass is 385 g/mol. The van der Waals surface area contributed by atoms with Gasteiger partial charge in [-0.3, -0.25) is 0 Å². The molecule has 0 fully saturated rings. The topological polar surface area (TPSA) is 107 Å². The number of aliphatic hydroxyl groups excluding tert-OH is 2. The van der Waals surface area contributed by atoms with Crippen LogP contribution in [0, 0.1) is 0 Å². The molecule has 2 rings (SSSR count). The summed E-state index contributed by atoms with van der Waals surface area (Å²) in [6, 6.07) is 1.80. The average molecular weight is 386 g/mol. The Bertz CT molecular complexity index is 696. The van der Waals surface area contributed by atoms with Crippen LogP contribution in [-0.2, 0) is 4.74 Å². The molecule has 0 aliphatic rings. The van der Waals surface area contributed by atoms with E-state index in [4.69, 9.17) is 4.74 Å². The van der Waals surface area contributed by atoms with Gasteiger partial charge in [-0.15, -0.1) is 0 Å². The van der Waals surface area contributed by atoms with Crippen molar-refractivity contribution < 1.29 is 19.7 Å². The summed E-state index contributed by atoms with van der Waals surface area (Å²) in [5, 5.41) is 23.5. The molecule has 0 spiro atoms. The van der Waals surface area contributed by atoms with Crippen LogP contribution in [-0.4, -0.2) is 44.5 Å². The molecule has 0 saturated carbocycles. The number of aromatic amines is 1. The lowest BCUT2D eigenvalue weighted by Gasteiger charge is -2.22. The number of hydrogen-bond acceptors (Lipinski definition) is 5. The number of carbonyl (C=O) groups excluding carboxylic acids is 1. The molecule has 0 saturated heterocycles. The maximum atomic E-state index is 11.6. The highest BCUT2D eigenvalue weighted by molar-refractivity contribution is 9.10. The third-order valence-corrected chi connectivity index (χ3v) is 3.50. The molecular weight excluding hydrogens is 366 g/mol. The highest BCUT2D eigenvalue weighted by Crippen LogP contribution is 2.27. The Kier molecular flexibility index (Phi) is 5.28. The maximum Gasteiger partial charge on any atom is 0.407 e. The molecule has 7 nitrogen and oxygen atoms in total. The average Bonchev–Trinajstić information content (AvgIpc) is 2.85. The molecule has 23 heavy (non-hydrogen) atoms. The fourth-order valence-electron chi connectivity index (χ4n) is 2.06. The van der Waals surface area contributed by atoms with Crippen molar-refractivity contribution in [2.45, 2.75) is 38.6 Å². The lowest BCUT2D eigenvalue weighted by Crippen LogP contribution is -2.38. The molecule has 2 atom stereocenters. The highest BCUT2D eigenvalue weighted by Gasteiger charge is 2.23. The van der Waals surface area contributed by atoms with Crippen LogP contribution in [0.1, 0.15) is 32.4 Å². The van der Waals surface area contributed by atoms with Crippen LogP contribution in [0.5, 0.6) is 0 Å². The van der Waals surface area contributed by atoms with Gasteiger partial charge in [-0.25, -0.2) is 9.78 Å². The van der Waals surface area contributed by atoms with Gasteiger partial charge in [0.1, 0.15) is 23.5 Å². The second kappa shape index (κ2) is 6.86. The molecule has 8 heteroatoms. The summed E-state index contributed by atoms with van der Waals surface area (Å²) in [6.45, 7) is 5.10. The Morgan fingerprint density at radius 2 is 2.17 bits per heavy atom. The number of alkyl carbamates (subject to hydrolysis) is 1. The van der Waals surface area contributed by atoms with Gasteiger partial charge in [0.2, 0.25) is 0 Å². The molecule has 0 aliphatic heterocycles. The second-order valence-electron chi connectivity index (χ2n) is 6.19. The number of H-pyrrole nitrogens is 1. The largest absolute Gasteiger partial charge is 0.444 e. The first-order valence-electron chi connectivity index (χ1n) is 7.13. The number of rotatable bonds is 4. The summed E-state index contributed by atoms with van der Waals surface area (Å²) in [5.41, 5.74) is 0.490. The maximum absolute atomic E-state index is 11.6. The Labute approximate surface area is 142 Å². The van der Waals surface area contributed by atoms with Gasteiger partial charge < -0.3 is 25.3 Å². The molecule has 126 valence electrons. The molecule has 4 N–H and O–H groups in total. The van der Waals surface area contributed by atoms with Gasteiger partial charge in [0.15, 0.2) is 0 Å². The normalized spacial score (nSPS) is 14.5. The third kappa shape index (κ3) is 4.66. The predicted molar refractivity (Wildman–Crippen MR) is 89.0 cm³/mol. The number of nitrogens with zero attached hydrogens (tertiary/aromatic N) is 1. The van der Waals surface area contributed by atoms with Crippen molar-refractivity contribution in [3.63, 3.8) is 0 Å². The Hall–Kier alpha value is -1.64. The van der Waals surface area contributed by atoms with Crippen LogP contribution in [0.2, 0.25) is 0 Å². The summed E-state index contributed by atoms with van der Waals surface area (Å²) in [6.07, 6.45) is 0.225. The van der Waals surface area contributed by atoms with E-state index in [1.165, 1.54) is 0 Å². The molecule has 0 aromatic carbocycles. The fraction of sp³-hybridized carbons (Fsp3) is 0.467. The molecule has 0 radical (unpaired) electrons. The summed E-state index contributed by atoms with van der Waals surface area (Å²) in [4.78, 5) is 18.7. The minimum absolute atomic E-state index is 0.135. The number of ether oxygens (including phenoxy) is 1. The quantitative estimate of drug-likeness (QED) is 0.645. The fourth-order valence-corrected chi connectivity index (χ4v) is 2.40. The summed E-state index contributed by atoms with van der Waals surface area (Å²) >= 11 is 3.32. The summed E-state index contributed by atoms with van der Waals surface area (Å²) < 4.78 is 5.84. The van der Waals surface area contributed by atoms with Gasteiger partial charge in [0.25, 0.3) is 0 Å². The zero-order chi connectivity index (χ0) is 17.2. The van der Waals surface area contributed by atoms with Crippen molar-refractivity contribution >= 4 is 33.1 Å². The van der Waals surface area contributed by atoms with Crippen LogP contribution in [0.15, 0.2) is 22.9 Å². The number of carbonyl (C=O) groups is 1. The Balaban J connectivity index is 2.03. The van der Waals surface area contributed by atoms with Gasteiger partial charge in [-0.1, -0.05) is 0 Å². The number of aliphatic hydroxyl groups is 2. The van der Waals surface area contributed by atoms with Crippen LogP contribution in [0.4, 0.5) is 4.79 Å². The van der Waals surface area contributed by atoms with E-state index in [2.05, 4.69) is 31.2 Å². The number of amides is 1. The first-order valence-corrected chi connectivity index (χ1v) is 7.92. The number of aromatic nitrogens is 2. The van der Waals surface area contributed by atoms with E-state index in [-0.39, 0.29) is 6.54 Å². The van der Waals surface area contributed by atoms with Gasteiger partial charge in [-0.2, -0.15) is 0 Å². The first-order chi connectivity index (χ1) is 10.7. The van der Waals surface area contributed by atoms with Gasteiger partial charge in [-0.05, 0) is 42.8 Å². The number of halogens is 1. The molecule has 0 aliphatic carbocycles. The Morgan fingerprint density at radius 1 is 1.48 bits per heavy atom. The Morgan fingerprint density at radius 3 is 2.83 bits per heavy atom. The van der Waals surface area contributed by atoms with Crippen molar-refractivity contribution in [3.05, 3.63) is 28.5 Å². The lowest BCUT2D eigenvalue weighted by molar-refractivity contribution is 0.0136. The van der Waals surface area contributed by atoms with Crippen molar-refractivity contribution in [1.29, 1.82) is 0 Å². The molecular formula is C15H20BrN3O4. The molecule has 2 aromatic heterocycles. The van der Waals surface area contributed by atoms with E-state index in [9.17, 15) is 15.0 Å². The van der Waals surface area contributed by atoms with Crippen LogP contribution in [0.25, 0.3) is 11.0 Å². The standard InChI is InChI=1S/C15H20BrN3O4/c1-15(2,3)23-14(22)19-7-11(20)12(21)10-6-18-13-9(10)4-8(16)5-17-13/h4-6,11-12,20-21H,7H2,1-3H3,(H,17,18)(H,19,22). The minimum atomic E-state index is -1.18. The van der Waals surface area contributed by atoms with Gasteiger partial charge in [0.05, 0.1) is 0 Å². The third-order valence-electron chi connectivity index (χ3n) is 3.07. The van der Waals surface area contributed by atoms with Crippen LogP contribution in [0.3, 0.4) is 0 Å². The van der Waals surface area contributed by atoms with Crippen LogP contribution < -0.4 is 5.32 Å². The van der Waals surface area contributed by atoms with Crippen molar-refractivity contribution in [1.82, 2.24) is 15.3 Å². The lowest BCUT2D eigenvalue weighted by atomic mass is 10.0. The number of pyridine rings is 1.